The van der Waals surface area contributed by atoms with E-state index in [0.29, 0.717) is 23.0 Å². The van der Waals surface area contributed by atoms with Gasteiger partial charge in [-0.15, -0.1) is 11.3 Å². The highest BCUT2D eigenvalue weighted by atomic mass is 32.1. The number of aromatic nitrogens is 1. The molecule has 0 aliphatic carbocycles. The standard InChI is InChI=1S/C15H19N3O2S/c1-9-2-5-17-14-11(9)12(16)13(21-14)15(20)18-6-3-10(8-18)4-7-19/h2,5,10,19H,3-4,6-8,16H2,1H3. The number of likely N-dealkylation sites (tertiary alicyclic amines) is 1. The number of aryl methyl sites for hydroxylation is 1. The molecule has 0 radical (unpaired) electrons. The molecule has 1 amide bonds. The second-order valence-corrected chi connectivity index (χ2v) is 6.57. The molecular weight excluding hydrogens is 286 g/mol. The molecule has 3 N–H and O–H groups in total. The molecule has 21 heavy (non-hydrogen) atoms. The smallest absolute Gasteiger partial charge is 0.266 e. The van der Waals surface area contributed by atoms with Gasteiger partial charge in [0.1, 0.15) is 9.71 Å². The fourth-order valence-corrected chi connectivity index (χ4v) is 4.05. The van der Waals surface area contributed by atoms with Gasteiger partial charge in [-0.2, -0.15) is 0 Å². The second kappa shape index (κ2) is 5.61. The Balaban J connectivity index is 1.89. The first-order valence-electron chi connectivity index (χ1n) is 7.15. The molecule has 112 valence electrons. The number of hydrogen-bond donors (Lipinski definition) is 2. The number of anilines is 1. The van der Waals surface area contributed by atoms with E-state index in [-0.39, 0.29) is 12.5 Å². The van der Waals surface area contributed by atoms with Crippen LogP contribution in [0.25, 0.3) is 10.2 Å². The molecule has 2 aromatic rings. The first kappa shape index (κ1) is 14.3. The van der Waals surface area contributed by atoms with Gasteiger partial charge in [0.25, 0.3) is 5.91 Å². The van der Waals surface area contributed by atoms with Crippen molar-refractivity contribution in [3.05, 3.63) is 22.7 Å². The van der Waals surface area contributed by atoms with Gasteiger partial charge in [-0.05, 0) is 37.3 Å². The van der Waals surface area contributed by atoms with Crippen molar-refractivity contribution in [1.82, 2.24) is 9.88 Å². The van der Waals surface area contributed by atoms with Crippen molar-refractivity contribution in [3.8, 4) is 0 Å². The van der Waals surface area contributed by atoms with E-state index in [0.717, 1.165) is 35.2 Å². The van der Waals surface area contributed by atoms with Crippen molar-refractivity contribution in [1.29, 1.82) is 0 Å². The van der Waals surface area contributed by atoms with E-state index in [1.165, 1.54) is 11.3 Å². The van der Waals surface area contributed by atoms with E-state index >= 15 is 0 Å². The number of thiophene rings is 1. The van der Waals surface area contributed by atoms with Crippen LogP contribution in [0.4, 0.5) is 5.69 Å². The average molecular weight is 305 g/mol. The molecule has 1 atom stereocenters. The topological polar surface area (TPSA) is 79.5 Å². The lowest BCUT2D eigenvalue weighted by atomic mass is 10.1. The summed E-state index contributed by atoms with van der Waals surface area (Å²) in [7, 11) is 0. The van der Waals surface area contributed by atoms with Gasteiger partial charge in [0, 0.05) is 31.3 Å². The van der Waals surface area contributed by atoms with Gasteiger partial charge in [0.05, 0.1) is 5.69 Å². The third-order valence-electron chi connectivity index (χ3n) is 4.14. The molecule has 2 aromatic heterocycles. The van der Waals surface area contributed by atoms with Crippen LogP contribution >= 0.6 is 11.3 Å². The van der Waals surface area contributed by atoms with Crippen LogP contribution in [0.5, 0.6) is 0 Å². The number of amides is 1. The zero-order chi connectivity index (χ0) is 15.0. The minimum atomic E-state index is -0.00432. The molecule has 1 aliphatic heterocycles. The number of pyridine rings is 1. The lowest BCUT2D eigenvalue weighted by molar-refractivity contribution is 0.0790. The summed E-state index contributed by atoms with van der Waals surface area (Å²) in [6.07, 6.45) is 3.45. The van der Waals surface area contributed by atoms with Crippen LogP contribution in [-0.2, 0) is 0 Å². The van der Waals surface area contributed by atoms with E-state index in [1.807, 2.05) is 17.9 Å². The Morgan fingerprint density at radius 2 is 2.43 bits per heavy atom. The molecule has 0 saturated carbocycles. The predicted octanol–water partition coefficient (Wildman–Crippen LogP) is 2.03. The lowest BCUT2D eigenvalue weighted by Gasteiger charge is -2.15. The van der Waals surface area contributed by atoms with Gasteiger partial charge >= 0.3 is 0 Å². The van der Waals surface area contributed by atoms with Gasteiger partial charge in [-0.3, -0.25) is 4.79 Å². The van der Waals surface area contributed by atoms with Gasteiger partial charge in [0.2, 0.25) is 0 Å². The van der Waals surface area contributed by atoms with E-state index in [1.54, 1.807) is 6.20 Å². The number of nitrogens with zero attached hydrogens (tertiary/aromatic N) is 2. The number of aliphatic hydroxyl groups is 1. The molecule has 3 rings (SSSR count). The van der Waals surface area contributed by atoms with Crippen molar-refractivity contribution in [2.45, 2.75) is 19.8 Å². The van der Waals surface area contributed by atoms with E-state index in [9.17, 15) is 4.79 Å². The van der Waals surface area contributed by atoms with Crippen LogP contribution in [0.15, 0.2) is 12.3 Å². The maximum absolute atomic E-state index is 12.7. The molecule has 0 spiro atoms. The largest absolute Gasteiger partial charge is 0.397 e. The number of hydrogen-bond acceptors (Lipinski definition) is 5. The molecule has 0 aromatic carbocycles. The lowest BCUT2D eigenvalue weighted by Crippen LogP contribution is -2.28. The average Bonchev–Trinajstić information content (AvgIpc) is 3.05. The van der Waals surface area contributed by atoms with Crippen molar-refractivity contribution in [3.63, 3.8) is 0 Å². The fraction of sp³-hybridized carbons (Fsp3) is 0.467. The SMILES string of the molecule is Cc1ccnc2sc(C(=O)N3CCC(CCO)C3)c(N)c12. The van der Waals surface area contributed by atoms with Crippen molar-refractivity contribution >= 4 is 33.1 Å². The Kier molecular flexibility index (Phi) is 3.82. The third-order valence-corrected chi connectivity index (χ3v) is 5.24. The Hall–Kier alpha value is -1.66. The highest BCUT2D eigenvalue weighted by molar-refractivity contribution is 7.21. The first-order chi connectivity index (χ1) is 10.1. The van der Waals surface area contributed by atoms with Crippen molar-refractivity contribution in [2.75, 3.05) is 25.4 Å². The maximum Gasteiger partial charge on any atom is 0.266 e. The number of aliphatic hydroxyl groups excluding tert-OH is 1. The summed E-state index contributed by atoms with van der Waals surface area (Å²) in [4.78, 5) is 20.2. The zero-order valence-corrected chi connectivity index (χ0v) is 12.8. The number of carbonyl (C=O) groups excluding carboxylic acids is 1. The first-order valence-corrected chi connectivity index (χ1v) is 7.97. The Morgan fingerprint density at radius 1 is 1.62 bits per heavy atom. The minimum Gasteiger partial charge on any atom is -0.397 e. The van der Waals surface area contributed by atoms with E-state index in [2.05, 4.69) is 4.98 Å². The summed E-state index contributed by atoms with van der Waals surface area (Å²) in [5.74, 6) is 0.393. The summed E-state index contributed by atoms with van der Waals surface area (Å²) >= 11 is 1.37. The highest BCUT2D eigenvalue weighted by Gasteiger charge is 2.29. The van der Waals surface area contributed by atoms with Crippen molar-refractivity contribution in [2.24, 2.45) is 5.92 Å². The Morgan fingerprint density at radius 3 is 3.14 bits per heavy atom. The van der Waals surface area contributed by atoms with E-state index < -0.39 is 0 Å². The van der Waals surface area contributed by atoms with Gasteiger partial charge in [-0.25, -0.2) is 4.98 Å². The Labute approximate surface area is 127 Å². The normalized spacial score (nSPS) is 18.6. The number of rotatable bonds is 3. The van der Waals surface area contributed by atoms with E-state index in [4.69, 9.17) is 10.8 Å². The van der Waals surface area contributed by atoms with Crippen LogP contribution in [-0.4, -0.2) is 40.6 Å². The molecular formula is C15H19N3O2S. The summed E-state index contributed by atoms with van der Waals surface area (Å²) in [6.45, 7) is 3.61. The van der Waals surface area contributed by atoms with Crippen molar-refractivity contribution < 1.29 is 9.90 Å². The maximum atomic E-state index is 12.7. The minimum absolute atomic E-state index is 0.00432. The summed E-state index contributed by atoms with van der Waals surface area (Å²) in [5.41, 5.74) is 7.79. The summed E-state index contributed by atoms with van der Waals surface area (Å²) in [5, 5.41) is 9.91. The molecule has 3 heterocycles. The summed E-state index contributed by atoms with van der Waals surface area (Å²) < 4.78 is 0. The van der Waals surface area contributed by atoms with Gasteiger partial charge < -0.3 is 15.7 Å². The molecule has 1 unspecified atom stereocenters. The predicted molar refractivity (Wildman–Crippen MR) is 84.5 cm³/mol. The highest BCUT2D eigenvalue weighted by Crippen LogP contribution is 2.36. The molecule has 0 bridgehead atoms. The summed E-state index contributed by atoms with van der Waals surface area (Å²) in [6, 6.07) is 1.91. The number of carbonyl (C=O) groups is 1. The van der Waals surface area contributed by atoms with Gasteiger partial charge in [0.15, 0.2) is 0 Å². The number of fused-ring (bicyclic) bond motifs is 1. The third kappa shape index (κ3) is 2.49. The van der Waals surface area contributed by atoms with Crippen LogP contribution in [0.1, 0.15) is 28.1 Å². The van der Waals surface area contributed by atoms with Crippen LogP contribution < -0.4 is 5.73 Å². The molecule has 1 fully saturated rings. The second-order valence-electron chi connectivity index (χ2n) is 5.57. The molecule has 1 saturated heterocycles. The molecule has 6 heteroatoms. The monoisotopic (exact) mass is 305 g/mol. The number of nitrogen functional groups attached to an aromatic ring is 1. The molecule has 1 aliphatic rings. The van der Waals surface area contributed by atoms with Gasteiger partial charge in [-0.1, -0.05) is 0 Å². The quantitative estimate of drug-likeness (QED) is 0.909. The van der Waals surface area contributed by atoms with Crippen LogP contribution in [0.3, 0.4) is 0 Å². The Bertz CT molecular complexity index is 683. The molecule has 5 nitrogen and oxygen atoms in total. The van der Waals surface area contributed by atoms with Crippen LogP contribution in [0.2, 0.25) is 0 Å². The zero-order valence-electron chi connectivity index (χ0n) is 12.0. The van der Waals surface area contributed by atoms with Crippen LogP contribution in [0, 0.1) is 12.8 Å². The number of nitrogens with two attached hydrogens (primary N) is 1. The fourth-order valence-electron chi connectivity index (χ4n) is 2.94.